The Morgan fingerprint density at radius 1 is 1.00 bits per heavy atom. The van der Waals surface area contributed by atoms with Crippen molar-refractivity contribution in [2.75, 3.05) is 19.8 Å². The molecule has 45 heavy (non-hydrogen) atoms. The number of hydrogen-bond donors (Lipinski definition) is 4. The molecule has 4 N–H and O–H groups in total. The Balaban J connectivity index is 1.74. The molecule has 2 heterocycles. The maximum atomic E-state index is 13.9. The van der Waals surface area contributed by atoms with Crippen molar-refractivity contribution in [2.24, 2.45) is 11.3 Å². The molecule has 2 aliphatic rings. The Bertz CT molecular complexity index is 1220. The fraction of sp³-hybridized carbons (Fsp3) is 0.677. The first-order chi connectivity index (χ1) is 21.4. The van der Waals surface area contributed by atoms with E-state index in [1.807, 2.05) is 0 Å². The van der Waals surface area contributed by atoms with Crippen LogP contribution in [0.2, 0.25) is 0 Å². The number of Topliss-reactive ketones (excluding diaryl/α,β-unsaturated/α-hetero) is 1. The molecule has 14 heteroatoms. The third kappa shape index (κ3) is 9.51. The summed E-state index contributed by atoms with van der Waals surface area (Å²) in [6.07, 6.45) is 9.53. The molecule has 1 aromatic heterocycles. The normalized spacial score (nSPS) is 18.9. The summed E-state index contributed by atoms with van der Waals surface area (Å²) in [5.74, 6) is -4.09. The number of amides is 5. The van der Waals surface area contributed by atoms with Gasteiger partial charge in [0.15, 0.2) is 0 Å². The number of carbonyl (C=O) groups excluding carboxylic acids is 6. The minimum atomic E-state index is -1.12. The van der Waals surface area contributed by atoms with Gasteiger partial charge >= 0.3 is 0 Å². The van der Waals surface area contributed by atoms with Crippen LogP contribution in [0.1, 0.15) is 89.5 Å². The number of aromatic nitrogens is 2. The Morgan fingerprint density at radius 2 is 1.71 bits per heavy atom. The minimum Gasteiger partial charge on any atom is -0.347 e. The van der Waals surface area contributed by atoms with E-state index in [2.05, 4.69) is 31.2 Å². The number of nitrogens with one attached hydrogen (secondary N) is 4. The third-order valence-corrected chi connectivity index (χ3v) is 8.31. The summed E-state index contributed by atoms with van der Waals surface area (Å²) < 4.78 is 12.5. The van der Waals surface area contributed by atoms with Crippen LogP contribution in [0.5, 0.6) is 0 Å². The van der Waals surface area contributed by atoms with Gasteiger partial charge in [-0.3, -0.25) is 33.8 Å². The molecular weight excluding hydrogens is 585 g/mol. The predicted octanol–water partition coefficient (Wildman–Crippen LogP) is 1.23. The predicted molar refractivity (Wildman–Crippen MR) is 162 cm³/mol. The summed E-state index contributed by atoms with van der Waals surface area (Å²) in [6, 6.07) is -3.95. The number of halogens is 1. The van der Waals surface area contributed by atoms with Crippen LogP contribution in [0.3, 0.4) is 0 Å². The topological polar surface area (TPSA) is 180 Å². The maximum Gasteiger partial charge on any atom is 0.289 e. The van der Waals surface area contributed by atoms with Crippen molar-refractivity contribution >= 4 is 35.3 Å². The highest BCUT2D eigenvalue weighted by molar-refractivity contribution is 6.38. The summed E-state index contributed by atoms with van der Waals surface area (Å²) in [7, 11) is 0. The minimum absolute atomic E-state index is 0.0729. The maximum absolute atomic E-state index is 13.9. The van der Waals surface area contributed by atoms with Crippen molar-refractivity contribution in [1.82, 2.24) is 36.1 Å². The van der Waals surface area contributed by atoms with Crippen molar-refractivity contribution in [3.05, 3.63) is 24.3 Å². The van der Waals surface area contributed by atoms with Gasteiger partial charge in [0.2, 0.25) is 23.5 Å². The Hall–Kier alpha value is -3.97. The van der Waals surface area contributed by atoms with Crippen LogP contribution in [0.15, 0.2) is 18.6 Å². The first-order valence-electron chi connectivity index (χ1n) is 15.7. The Labute approximate surface area is 263 Å². The van der Waals surface area contributed by atoms with E-state index >= 15 is 0 Å². The van der Waals surface area contributed by atoms with Crippen LogP contribution in [0.4, 0.5) is 4.39 Å². The molecule has 1 aromatic rings. The van der Waals surface area contributed by atoms with Crippen molar-refractivity contribution in [2.45, 2.75) is 103 Å². The highest BCUT2D eigenvalue weighted by Gasteiger charge is 2.46. The van der Waals surface area contributed by atoms with Gasteiger partial charge in [-0.05, 0) is 37.0 Å². The number of alkyl halides is 1. The molecule has 0 spiro atoms. The van der Waals surface area contributed by atoms with Gasteiger partial charge in [0, 0.05) is 25.5 Å². The van der Waals surface area contributed by atoms with E-state index in [0.29, 0.717) is 12.8 Å². The molecule has 0 aromatic carbocycles. The molecular formula is C31H46FN7O6. The third-order valence-electron chi connectivity index (χ3n) is 8.31. The van der Waals surface area contributed by atoms with Crippen molar-refractivity contribution < 1.29 is 33.2 Å². The summed E-state index contributed by atoms with van der Waals surface area (Å²) in [4.78, 5) is 88.0. The molecule has 1 aliphatic carbocycles. The molecule has 0 radical (unpaired) electrons. The molecule has 1 aliphatic heterocycles. The molecule has 13 nitrogen and oxygen atoms in total. The zero-order valence-electron chi connectivity index (χ0n) is 26.6. The average Bonchev–Trinajstić information content (AvgIpc) is 3.00. The van der Waals surface area contributed by atoms with Gasteiger partial charge in [-0.1, -0.05) is 53.4 Å². The number of likely N-dealkylation sites (tertiary alicyclic amines) is 1. The monoisotopic (exact) mass is 631 g/mol. The van der Waals surface area contributed by atoms with Crippen molar-refractivity contribution in [3.63, 3.8) is 0 Å². The standard InChI is InChI=1S/C31H46FN7O6/c1-5-9-20(24(40)29(44)35-14-13-32)36-27(42)22-12-17-39(22)30(45)25(31(2,3)4)38-28(43)23(19-10-7-6-8-11-19)37-26(41)21-18-33-15-16-34-21/h15-16,18-20,22-23,25H,5-14,17H2,1-4H3,(H,35,44)(H,36,42)(H,37,41)(H,38,43)/t20?,22?,23-,25+/m0/s1. The number of hydrogen-bond acceptors (Lipinski definition) is 8. The second kappa shape index (κ2) is 16.4. The number of rotatable bonds is 14. The van der Waals surface area contributed by atoms with Gasteiger partial charge in [0.25, 0.3) is 11.8 Å². The van der Waals surface area contributed by atoms with Crippen molar-refractivity contribution in [3.8, 4) is 0 Å². The van der Waals surface area contributed by atoms with Crippen LogP contribution in [0, 0.1) is 11.3 Å². The molecule has 4 atom stereocenters. The summed E-state index contributed by atoms with van der Waals surface area (Å²) in [5.41, 5.74) is -0.686. The number of ketones is 1. The molecule has 5 amide bonds. The molecule has 1 saturated heterocycles. The van der Waals surface area contributed by atoms with Gasteiger partial charge in [-0.15, -0.1) is 0 Å². The smallest absolute Gasteiger partial charge is 0.289 e. The molecule has 1 saturated carbocycles. The van der Waals surface area contributed by atoms with E-state index in [1.165, 1.54) is 23.5 Å². The van der Waals surface area contributed by atoms with Gasteiger partial charge in [0.05, 0.1) is 12.2 Å². The molecule has 2 fully saturated rings. The van der Waals surface area contributed by atoms with Gasteiger partial charge in [0.1, 0.15) is 30.5 Å². The van der Waals surface area contributed by atoms with Crippen LogP contribution in [-0.2, 0) is 24.0 Å². The van der Waals surface area contributed by atoms with E-state index < -0.39 is 71.6 Å². The number of carbonyl (C=O) groups is 6. The zero-order valence-corrected chi connectivity index (χ0v) is 26.6. The lowest BCUT2D eigenvalue weighted by Gasteiger charge is -2.44. The lowest BCUT2D eigenvalue weighted by Crippen LogP contribution is -2.66. The van der Waals surface area contributed by atoms with Crippen LogP contribution < -0.4 is 21.3 Å². The highest BCUT2D eigenvalue weighted by Crippen LogP contribution is 2.29. The lowest BCUT2D eigenvalue weighted by atomic mass is 9.81. The highest BCUT2D eigenvalue weighted by atomic mass is 19.1. The van der Waals surface area contributed by atoms with Gasteiger partial charge in [-0.25, -0.2) is 9.37 Å². The molecule has 248 valence electrons. The second-order valence-corrected chi connectivity index (χ2v) is 12.7. The first kappa shape index (κ1) is 35.5. The quantitative estimate of drug-likeness (QED) is 0.221. The summed E-state index contributed by atoms with van der Waals surface area (Å²) >= 11 is 0. The van der Waals surface area contributed by atoms with Crippen LogP contribution in [-0.4, -0.2) is 94.1 Å². The van der Waals surface area contributed by atoms with Gasteiger partial charge < -0.3 is 26.2 Å². The number of nitrogens with zero attached hydrogens (tertiary/aromatic N) is 3. The van der Waals surface area contributed by atoms with E-state index in [-0.39, 0.29) is 31.1 Å². The molecule has 3 rings (SSSR count). The van der Waals surface area contributed by atoms with Crippen molar-refractivity contribution in [1.29, 1.82) is 0 Å². The molecule has 0 bridgehead atoms. The molecule has 2 unspecified atom stereocenters. The zero-order chi connectivity index (χ0) is 33.1. The van der Waals surface area contributed by atoms with Crippen LogP contribution >= 0.6 is 0 Å². The average molecular weight is 632 g/mol. The summed E-state index contributed by atoms with van der Waals surface area (Å²) in [6.45, 7) is 6.30. The fourth-order valence-electron chi connectivity index (χ4n) is 5.70. The van der Waals surface area contributed by atoms with Crippen LogP contribution in [0.25, 0.3) is 0 Å². The van der Waals surface area contributed by atoms with Gasteiger partial charge in [-0.2, -0.15) is 0 Å². The SMILES string of the molecule is CCCC(NC(=O)C1CCN1C(=O)[C@@H](NC(=O)[C@@H](NC(=O)c1cnccn1)C1CCCCC1)C(C)(C)C)C(=O)C(=O)NCCF. The van der Waals surface area contributed by atoms with E-state index in [9.17, 15) is 33.2 Å². The van der Waals surface area contributed by atoms with E-state index in [1.54, 1.807) is 27.7 Å². The summed E-state index contributed by atoms with van der Waals surface area (Å²) in [5, 5.41) is 10.5. The Morgan fingerprint density at radius 3 is 2.27 bits per heavy atom. The second-order valence-electron chi connectivity index (χ2n) is 12.7. The fourth-order valence-corrected chi connectivity index (χ4v) is 5.70. The first-order valence-corrected chi connectivity index (χ1v) is 15.7. The van der Waals surface area contributed by atoms with E-state index in [0.717, 1.165) is 32.1 Å². The lowest BCUT2D eigenvalue weighted by molar-refractivity contribution is -0.153. The van der Waals surface area contributed by atoms with E-state index in [4.69, 9.17) is 0 Å². The largest absolute Gasteiger partial charge is 0.347 e. The Kier molecular flexibility index (Phi) is 12.9.